The van der Waals surface area contributed by atoms with Gasteiger partial charge in [-0.2, -0.15) is 5.10 Å². The van der Waals surface area contributed by atoms with E-state index >= 15 is 0 Å². The molecule has 1 rings (SSSR count). The van der Waals surface area contributed by atoms with E-state index in [4.69, 9.17) is 11.6 Å². The van der Waals surface area contributed by atoms with Crippen LogP contribution in [0.3, 0.4) is 0 Å². The number of halogens is 1. The molecule has 0 N–H and O–H groups in total. The SMILES string of the molecule is C=Cn1cc(C(=O)Cl)cn1. The van der Waals surface area contributed by atoms with Gasteiger partial charge in [0, 0.05) is 12.4 Å². The molecule has 4 heteroatoms. The molecule has 0 spiro atoms. The Morgan fingerprint density at radius 2 is 2.60 bits per heavy atom. The van der Waals surface area contributed by atoms with Crippen LogP contribution in [0.4, 0.5) is 0 Å². The fourth-order valence-corrected chi connectivity index (χ4v) is 0.637. The van der Waals surface area contributed by atoms with Crippen molar-refractivity contribution < 1.29 is 4.79 Å². The second-order valence-corrected chi connectivity index (χ2v) is 2.01. The van der Waals surface area contributed by atoms with Crippen molar-refractivity contribution in [1.82, 2.24) is 9.78 Å². The number of rotatable bonds is 2. The molecule has 0 aromatic carbocycles. The monoisotopic (exact) mass is 156 g/mol. The third kappa shape index (κ3) is 1.25. The second kappa shape index (κ2) is 2.66. The van der Waals surface area contributed by atoms with E-state index in [2.05, 4.69) is 11.7 Å². The van der Waals surface area contributed by atoms with E-state index in [1.807, 2.05) is 0 Å². The van der Waals surface area contributed by atoms with Gasteiger partial charge in [-0.05, 0) is 11.6 Å². The first-order valence-corrected chi connectivity index (χ1v) is 2.98. The average Bonchev–Trinajstić information content (AvgIpc) is 2.34. The third-order valence-electron chi connectivity index (χ3n) is 1.02. The molecule has 0 saturated heterocycles. The van der Waals surface area contributed by atoms with Gasteiger partial charge in [0.05, 0.1) is 11.8 Å². The van der Waals surface area contributed by atoms with Crippen molar-refractivity contribution in [3.05, 3.63) is 24.5 Å². The standard InChI is InChI=1S/C6H5ClN2O/c1-2-9-4-5(3-8-9)6(7)10/h2-4H,1H2. The molecule has 0 saturated carbocycles. The van der Waals surface area contributed by atoms with Gasteiger partial charge in [-0.3, -0.25) is 4.79 Å². The lowest BCUT2D eigenvalue weighted by molar-refractivity contribution is 0.108. The van der Waals surface area contributed by atoms with Crippen LogP contribution in [0.15, 0.2) is 19.0 Å². The Morgan fingerprint density at radius 1 is 1.90 bits per heavy atom. The van der Waals surface area contributed by atoms with Gasteiger partial charge in [-0.25, -0.2) is 4.68 Å². The molecular formula is C6H5ClN2O. The van der Waals surface area contributed by atoms with Crippen molar-refractivity contribution in [2.75, 3.05) is 0 Å². The second-order valence-electron chi connectivity index (χ2n) is 1.67. The molecule has 0 aliphatic carbocycles. The van der Waals surface area contributed by atoms with Crippen LogP contribution in [0.1, 0.15) is 10.4 Å². The number of carbonyl (C=O) groups is 1. The van der Waals surface area contributed by atoms with Crippen LogP contribution in [-0.4, -0.2) is 15.0 Å². The van der Waals surface area contributed by atoms with E-state index in [0.29, 0.717) is 5.56 Å². The van der Waals surface area contributed by atoms with Crippen molar-refractivity contribution in [3.8, 4) is 0 Å². The van der Waals surface area contributed by atoms with Crippen LogP contribution in [0, 0.1) is 0 Å². The van der Waals surface area contributed by atoms with Crippen LogP contribution in [-0.2, 0) is 0 Å². The normalized spacial score (nSPS) is 9.30. The Kier molecular flexibility index (Phi) is 1.87. The average molecular weight is 157 g/mol. The van der Waals surface area contributed by atoms with Crippen LogP contribution in [0.25, 0.3) is 6.20 Å². The molecule has 52 valence electrons. The van der Waals surface area contributed by atoms with Crippen molar-refractivity contribution >= 4 is 23.0 Å². The van der Waals surface area contributed by atoms with Crippen LogP contribution >= 0.6 is 11.6 Å². The largest absolute Gasteiger partial charge is 0.275 e. The Bertz CT molecular complexity index is 266. The molecule has 1 aromatic heterocycles. The van der Waals surface area contributed by atoms with Gasteiger partial charge in [0.2, 0.25) is 0 Å². The maximum absolute atomic E-state index is 10.5. The highest BCUT2D eigenvalue weighted by atomic mass is 35.5. The molecule has 1 heterocycles. The minimum absolute atomic E-state index is 0.376. The number of aromatic nitrogens is 2. The zero-order valence-corrected chi connectivity index (χ0v) is 5.88. The minimum atomic E-state index is -0.506. The summed E-state index contributed by atoms with van der Waals surface area (Å²) < 4.78 is 1.41. The molecule has 3 nitrogen and oxygen atoms in total. The lowest BCUT2D eigenvalue weighted by atomic mass is 10.4. The van der Waals surface area contributed by atoms with Crippen molar-refractivity contribution in [2.24, 2.45) is 0 Å². The van der Waals surface area contributed by atoms with Gasteiger partial charge in [-0.1, -0.05) is 6.58 Å². The summed E-state index contributed by atoms with van der Waals surface area (Å²) in [5.41, 5.74) is 0.376. The highest BCUT2D eigenvalue weighted by Gasteiger charge is 2.02. The topological polar surface area (TPSA) is 34.9 Å². The predicted octanol–water partition coefficient (Wildman–Crippen LogP) is 1.36. The van der Waals surface area contributed by atoms with E-state index in [1.54, 1.807) is 0 Å². The molecular weight excluding hydrogens is 152 g/mol. The fourth-order valence-electron chi connectivity index (χ4n) is 0.539. The zero-order valence-electron chi connectivity index (χ0n) is 5.12. The number of hydrogen-bond donors (Lipinski definition) is 0. The van der Waals surface area contributed by atoms with E-state index in [0.717, 1.165) is 0 Å². The minimum Gasteiger partial charge on any atom is -0.275 e. The molecule has 0 atom stereocenters. The van der Waals surface area contributed by atoms with Crippen LogP contribution in [0.5, 0.6) is 0 Å². The number of nitrogens with zero attached hydrogens (tertiary/aromatic N) is 2. The van der Waals surface area contributed by atoms with Crippen molar-refractivity contribution in [2.45, 2.75) is 0 Å². The summed E-state index contributed by atoms with van der Waals surface area (Å²) in [7, 11) is 0. The van der Waals surface area contributed by atoms with Gasteiger partial charge in [-0.15, -0.1) is 0 Å². The molecule has 0 unspecified atom stereocenters. The van der Waals surface area contributed by atoms with Crippen molar-refractivity contribution in [3.63, 3.8) is 0 Å². The molecule has 0 fully saturated rings. The third-order valence-corrected chi connectivity index (χ3v) is 1.23. The molecule has 0 aliphatic heterocycles. The summed E-state index contributed by atoms with van der Waals surface area (Å²) in [5.74, 6) is 0. The van der Waals surface area contributed by atoms with Gasteiger partial charge >= 0.3 is 0 Å². The Balaban J connectivity index is 2.98. The molecule has 0 amide bonds. The van der Waals surface area contributed by atoms with Gasteiger partial charge in [0.15, 0.2) is 0 Å². The first kappa shape index (κ1) is 7.02. The van der Waals surface area contributed by atoms with E-state index in [-0.39, 0.29) is 0 Å². The highest BCUT2D eigenvalue weighted by molar-refractivity contribution is 6.67. The van der Waals surface area contributed by atoms with Crippen molar-refractivity contribution in [1.29, 1.82) is 0 Å². The Labute approximate surface area is 62.9 Å². The first-order valence-electron chi connectivity index (χ1n) is 2.60. The summed E-state index contributed by atoms with van der Waals surface area (Å²) in [5, 5.41) is 3.24. The highest BCUT2D eigenvalue weighted by Crippen LogP contribution is 2.01. The summed E-state index contributed by atoms with van der Waals surface area (Å²) in [6, 6.07) is 0. The number of hydrogen-bond acceptors (Lipinski definition) is 2. The van der Waals surface area contributed by atoms with Crippen LogP contribution in [0.2, 0.25) is 0 Å². The number of carbonyl (C=O) groups excluding carboxylic acids is 1. The molecule has 0 radical (unpaired) electrons. The van der Waals surface area contributed by atoms with Gasteiger partial charge in [0.25, 0.3) is 5.24 Å². The molecule has 0 bridgehead atoms. The summed E-state index contributed by atoms with van der Waals surface area (Å²) in [6.45, 7) is 3.45. The molecule has 10 heavy (non-hydrogen) atoms. The van der Waals surface area contributed by atoms with Gasteiger partial charge in [0.1, 0.15) is 0 Å². The summed E-state index contributed by atoms with van der Waals surface area (Å²) in [4.78, 5) is 10.5. The lowest BCUT2D eigenvalue weighted by Gasteiger charge is -1.83. The summed E-state index contributed by atoms with van der Waals surface area (Å²) >= 11 is 5.15. The quantitative estimate of drug-likeness (QED) is 0.606. The Morgan fingerprint density at radius 3 is 2.90 bits per heavy atom. The van der Waals surface area contributed by atoms with E-state index < -0.39 is 5.24 Å². The fraction of sp³-hybridized carbons (Fsp3) is 0. The maximum Gasteiger partial charge on any atom is 0.255 e. The lowest BCUT2D eigenvalue weighted by Crippen LogP contribution is -1.84. The van der Waals surface area contributed by atoms with E-state index in [9.17, 15) is 4.79 Å². The Hall–Kier alpha value is -1.09. The predicted molar refractivity (Wildman–Crippen MR) is 38.8 cm³/mol. The smallest absolute Gasteiger partial charge is 0.255 e. The zero-order chi connectivity index (χ0) is 7.56. The molecule has 0 aliphatic rings. The van der Waals surface area contributed by atoms with Crippen LogP contribution < -0.4 is 0 Å². The summed E-state index contributed by atoms with van der Waals surface area (Å²) in [6.07, 6.45) is 4.36. The first-order chi connectivity index (χ1) is 4.74. The molecule has 1 aromatic rings. The maximum atomic E-state index is 10.5. The van der Waals surface area contributed by atoms with E-state index in [1.165, 1.54) is 23.3 Å². The van der Waals surface area contributed by atoms with Gasteiger partial charge < -0.3 is 0 Å².